The zero-order valence-corrected chi connectivity index (χ0v) is 11.0. The molecule has 0 bridgehead atoms. The Morgan fingerprint density at radius 2 is 2.27 bits per heavy atom. The molecule has 0 radical (unpaired) electrons. The Balaban J connectivity index is 2.60. The van der Waals surface area contributed by atoms with Gasteiger partial charge in [-0.25, -0.2) is 4.79 Å². The Kier molecular flexibility index (Phi) is 4.87. The Labute approximate surface area is 103 Å². The topological polar surface area (TPSA) is 38.3 Å². The number of amides is 1. The first-order chi connectivity index (χ1) is 7.13. The van der Waals surface area contributed by atoms with E-state index >= 15 is 0 Å². The van der Waals surface area contributed by atoms with Crippen LogP contribution < -0.4 is 5.32 Å². The molecule has 4 heteroatoms. The summed E-state index contributed by atoms with van der Waals surface area (Å²) < 4.78 is 5.94. The molecule has 0 saturated carbocycles. The molecule has 1 amide bonds. The molecule has 1 aromatic carbocycles. The lowest BCUT2D eigenvalue weighted by molar-refractivity contribution is 0.161. The molecule has 0 saturated heterocycles. The first-order valence-corrected chi connectivity index (χ1v) is 5.91. The van der Waals surface area contributed by atoms with Crippen molar-refractivity contribution in [3.63, 3.8) is 0 Å². The third-order valence-corrected chi connectivity index (χ3v) is 2.69. The Hall–Kier alpha value is -0.780. The van der Waals surface area contributed by atoms with E-state index in [0.717, 1.165) is 15.7 Å². The summed E-state index contributed by atoms with van der Waals surface area (Å²) in [6.45, 7) is 4.43. The molecule has 0 aliphatic carbocycles. The van der Waals surface area contributed by atoms with Crippen LogP contribution in [0, 0.1) is 10.5 Å². The van der Waals surface area contributed by atoms with E-state index in [9.17, 15) is 4.79 Å². The number of hydrogen-bond donors (Lipinski definition) is 1. The zero-order chi connectivity index (χ0) is 11.3. The third-order valence-electron chi connectivity index (χ3n) is 1.80. The van der Waals surface area contributed by atoms with Crippen molar-refractivity contribution >= 4 is 34.4 Å². The van der Waals surface area contributed by atoms with Gasteiger partial charge in [0.25, 0.3) is 0 Å². The van der Waals surface area contributed by atoms with E-state index in [1.165, 1.54) is 5.56 Å². The van der Waals surface area contributed by atoms with E-state index in [1.807, 2.05) is 32.0 Å². The number of aryl methyl sites for hydroxylation is 1. The molecule has 0 spiro atoms. The number of benzene rings is 1. The molecule has 1 rings (SSSR count). The highest BCUT2D eigenvalue weighted by atomic mass is 127. The van der Waals surface area contributed by atoms with Crippen molar-refractivity contribution < 1.29 is 9.53 Å². The summed E-state index contributed by atoms with van der Waals surface area (Å²) in [5.41, 5.74) is 1.97. The van der Waals surface area contributed by atoms with Gasteiger partial charge in [0.2, 0.25) is 0 Å². The molecule has 0 heterocycles. The fourth-order valence-electron chi connectivity index (χ4n) is 1.06. The van der Waals surface area contributed by atoms with E-state index in [1.54, 1.807) is 0 Å². The average Bonchev–Trinajstić information content (AvgIpc) is 2.19. The van der Waals surface area contributed by atoms with E-state index in [4.69, 9.17) is 4.74 Å². The SMILES string of the molecule is CCCOC(=O)Nc1ccc(C)cc1I. The van der Waals surface area contributed by atoms with Gasteiger partial charge >= 0.3 is 6.09 Å². The maximum atomic E-state index is 11.3. The van der Waals surface area contributed by atoms with Crippen molar-refractivity contribution in [1.29, 1.82) is 0 Å². The number of nitrogens with one attached hydrogen (secondary N) is 1. The summed E-state index contributed by atoms with van der Waals surface area (Å²) in [5, 5.41) is 2.70. The van der Waals surface area contributed by atoms with Gasteiger partial charge < -0.3 is 4.74 Å². The van der Waals surface area contributed by atoms with Gasteiger partial charge in [0.05, 0.1) is 12.3 Å². The van der Waals surface area contributed by atoms with Crippen molar-refractivity contribution in [1.82, 2.24) is 0 Å². The van der Waals surface area contributed by atoms with Crippen LogP contribution in [-0.2, 0) is 4.74 Å². The van der Waals surface area contributed by atoms with E-state index in [2.05, 4.69) is 27.9 Å². The van der Waals surface area contributed by atoms with Gasteiger partial charge in [-0.15, -0.1) is 0 Å². The van der Waals surface area contributed by atoms with Gasteiger partial charge in [-0.3, -0.25) is 5.32 Å². The highest BCUT2D eigenvalue weighted by molar-refractivity contribution is 14.1. The Morgan fingerprint density at radius 3 is 2.87 bits per heavy atom. The minimum Gasteiger partial charge on any atom is -0.449 e. The van der Waals surface area contributed by atoms with Gasteiger partial charge in [0, 0.05) is 3.57 Å². The summed E-state index contributed by atoms with van der Waals surface area (Å²) in [6, 6.07) is 5.85. The lowest BCUT2D eigenvalue weighted by atomic mass is 10.2. The molecule has 3 nitrogen and oxygen atoms in total. The molecule has 1 aromatic rings. The molecule has 15 heavy (non-hydrogen) atoms. The first kappa shape index (κ1) is 12.3. The smallest absolute Gasteiger partial charge is 0.411 e. The van der Waals surface area contributed by atoms with Crippen molar-refractivity contribution in [3.05, 3.63) is 27.3 Å². The molecule has 0 aliphatic heterocycles. The second-order valence-electron chi connectivity index (χ2n) is 3.24. The van der Waals surface area contributed by atoms with E-state index < -0.39 is 6.09 Å². The van der Waals surface area contributed by atoms with E-state index in [0.29, 0.717) is 6.61 Å². The van der Waals surface area contributed by atoms with Crippen LogP contribution in [0.5, 0.6) is 0 Å². The molecular formula is C11H14INO2. The third kappa shape index (κ3) is 4.07. The fraction of sp³-hybridized carbons (Fsp3) is 0.364. The fourth-order valence-corrected chi connectivity index (χ4v) is 1.87. The largest absolute Gasteiger partial charge is 0.449 e. The molecule has 0 aromatic heterocycles. The number of hydrogen-bond acceptors (Lipinski definition) is 2. The average molecular weight is 319 g/mol. The van der Waals surface area contributed by atoms with E-state index in [-0.39, 0.29) is 0 Å². The van der Waals surface area contributed by atoms with Crippen LogP contribution >= 0.6 is 22.6 Å². The number of carbonyl (C=O) groups is 1. The maximum Gasteiger partial charge on any atom is 0.411 e. The summed E-state index contributed by atoms with van der Waals surface area (Å²) in [4.78, 5) is 11.3. The minimum atomic E-state index is -0.390. The Bertz CT molecular complexity index is 352. The quantitative estimate of drug-likeness (QED) is 0.865. The molecule has 0 unspecified atom stereocenters. The Morgan fingerprint density at radius 1 is 1.53 bits per heavy atom. The standard InChI is InChI=1S/C11H14INO2/c1-3-6-15-11(14)13-10-5-4-8(2)7-9(10)12/h4-5,7H,3,6H2,1-2H3,(H,13,14). The normalized spacial score (nSPS) is 9.80. The van der Waals surface area contributed by atoms with Crippen molar-refractivity contribution in [2.45, 2.75) is 20.3 Å². The zero-order valence-electron chi connectivity index (χ0n) is 8.84. The van der Waals surface area contributed by atoms with Gasteiger partial charge in [0.15, 0.2) is 0 Å². The molecule has 1 N–H and O–H groups in total. The number of rotatable bonds is 3. The van der Waals surface area contributed by atoms with Crippen LogP contribution in [0.15, 0.2) is 18.2 Å². The number of halogens is 1. The van der Waals surface area contributed by atoms with Gasteiger partial charge in [-0.2, -0.15) is 0 Å². The maximum absolute atomic E-state index is 11.3. The van der Waals surface area contributed by atoms with Crippen LogP contribution in [0.3, 0.4) is 0 Å². The minimum absolute atomic E-state index is 0.390. The summed E-state index contributed by atoms with van der Waals surface area (Å²) in [6.07, 6.45) is 0.442. The lowest BCUT2D eigenvalue weighted by Crippen LogP contribution is -2.14. The van der Waals surface area contributed by atoms with Gasteiger partial charge in [0.1, 0.15) is 0 Å². The number of ether oxygens (including phenoxy) is 1. The summed E-state index contributed by atoms with van der Waals surface area (Å²) in [7, 11) is 0. The van der Waals surface area contributed by atoms with Crippen LogP contribution in [0.25, 0.3) is 0 Å². The highest BCUT2D eigenvalue weighted by Crippen LogP contribution is 2.19. The van der Waals surface area contributed by atoms with Crippen LogP contribution in [0.1, 0.15) is 18.9 Å². The molecular weight excluding hydrogens is 305 g/mol. The van der Waals surface area contributed by atoms with Gasteiger partial charge in [-0.05, 0) is 53.6 Å². The monoisotopic (exact) mass is 319 g/mol. The second kappa shape index (κ2) is 5.95. The predicted octanol–water partition coefficient (Wildman–Crippen LogP) is 3.56. The molecule has 82 valence electrons. The van der Waals surface area contributed by atoms with Crippen molar-refractivity contribution in [2.75, 3.05) is 11.9 Å². The van der Waals surface area contributed by atoms with Crippen LogP contribution in [0.4, 0.5) is 10.5 Å². The summed E-state index contributed by atoms with van der Waals surface area (Å²) >= 11 is 2.19. The summed E-state index contributed by atoms with van der Waals surface area (Å²) in [5.74, 6) is 0. The van der Waals surface area contributed by atoms with Gasteiger partial charge in [-0.1, -0.05) is 13.0 Å². The van der Waals surface area contributed by atoms with Crippen molar-refractivity contribution in [2.24, 2.45) is 0 Å². The second-order valence-corrected chi connectivity index (χ2v) is 4.41. The first-order valence-electron chi connectivity index (χ1n) is 4.83. The number of carbonyl (C=O) groups excluding carboxylic acids is 1. The molecule has 0 aliphatic rings. The van der Waals surface area contributed by atoms with Crippen LogP contribution in [-0.4, -0.2) is 12.7 Å². The van der Waals surface area contributed by atoms with Crippen molar-refractivity contribution in [3.8, 4) is 0 Å². The molecule has 0 atom stereocenters. The lowest BCUT2D eigenvalue weighted by Gasteiger charge is -2.08. The highest BCUT2D eigenvalue weighted by Gasteiger charge is 2.05. The molecule has 0 fully saturated rings. The number of anilines is 1. The van der Waals surface area contributed by atoms with Crippen LogP contribution in [0.2, 0.25) is 0 Å². The predicted molar refractivity (Wildman–Crippen MR) is 69.2 cm³/mol.